The van der Waals surface area contributed by atoms with E-state index in [9.17, 15) is 4.79 Å². The van der Waals surface area contributed by atoms with E-state index < -0.39 is 0 Å². The molecule has 1 saturated heterocycles. The molecule has 4 rings (SSSR count). The molecule has 0 spiro atoms. The van der Waals surface area contributed by atoms with Gasteiger partial charge in [-0.1, -0.05) is 48.2 Å². The van der Waals surface area contributed by atoms with Crippen molar-refractivity contribution in [2.24, 2.45) is 0 Å². The summed E-state index contributed by atoms with van der Waals surface area (Å²) < 4.78 is 2.00. The summed E-state index contributed by atoms with van der Waals surface area (Å²) in [6.45, 7) is 4.95. The number of likely N-dealkylation sites (N-methyl/N-ethyl adjacent to an activating group) is 1. The fraction of sp³-hybridized carbons (Fsp3) is 0.333. The van der Waals surface area contributed by atoms with E-state index in [2.05, 4.69) is 39.3 Å². The Bertz CT molecular complexity index is 998. The summed E-state index contributed by atoms with van der Waals surface area (Å²) in [7, 11) is 2.16. The molecule has 3 aromatic rings. The first-order valence-electron chi connectivity index (χ1n) is 10.6. The lowest BCUT2D eigenvalue weighted by Crippen LogP contribution is -2.47. The number of nitrogens with zero attached hydrogens (tertiary/aromatic N) is 4. The zero-order valence-electron chi connectivity index (χ0n) is 18.1. The molecule has 1 atom stereocenters. The van der Waals surface area contributed by atoms with Gasteiger partial charge in [0.05, 0.1) is 6.04 Å². The van der Waals surface area contributed by atoms with Gasteiger partial charge in [0.1, 0.15) is 0 Å². The molecule has 0 aliphatic carbocycles. The highest BCUT2D eigenvalue weighted by molar-refractivity contribution is 7.98. The Morgan fingerprint density at radius 3 is 2.61 bits per heavy atom. The van der Waals surface area contributed by atoms with Crippen molar-refractivity contribution >= 4 is 17.7 Å². The number of amides is 1. The summed E-state index contributed by atoms with van der Waals surface area (Å²) >= 11 is 1.58. The molecular formula is C24H29N5OS. The Morgan fingerprint density at radius 2 is 1.87 bits per heavy atom. The first-order valence-corrected chi connectivity index (χ1v) is 11.8. The van der Waals surface area contributed by atoms with Gasteiger partial charge in [0.2, 0.25) is 0 Å². The van der Waals surface area contributed by atoms with E-state index in [1.165, 1.54) is 0 Å². The number of piperazine rings is 1. The predicted molar refractivity (Wildman–Crippen MR) is 126 cm³/mol. The molecule has 31 heavy (non-hydrogen) atoms. The average Bonchev–Trinajstić information content (AvgIpc) is 3.30. The van der Waals surface area contributed by atoms with E-state index in [-0.39, 0.29) is 11.9 Å². The van der Waals surface area contributed by atoms with Gasteiger partial charge < -0.3 is 10.2 Å². The van der Waals surface area contributed by atoms with Crippen molar-refractivity contribution in [2.75, 3.05) is 46.0 Å². The van der Waals surface area contributed by atoms with Crippen molar-refractivity contribution in [1.82, 2.24) is 24.7 Å². The third-order valence-electron chi connectivity index (χ3n) is 5.72. The largest absolute Gasteiger partial charge is 0.344 e. The fourth-order valence-corrected chi connectivity index (χ4v) is 4.41. The lowest BCUT2D eigenvalue weighted by atomic mass is 10.0. The topological polar surface area (TPSA) is 53.4 Å². The van der Waals surface area contributed by atoms with Crippen molar-refractivity contribution in [3.63, 3.8) is 0 Å². The van der Waals surface area contributed by atoms with E-state index in [4.69, 9.17) is 0 Å². The normalized spacial score (nSPS) is 16.2. The molecule has 0 radical (unpaired) electrons. The zero-order valence-corrected chi connectivity index (χ0v) is 18.9. The van der Waals surface area contributed by atoms with E-state index in [0.29, 0.717) is 5.56 Å². The molecule has 1 fully saturated rings. The van der Waals surface area contributed by atoms with Gasteiger partial charge in [-0.15, -0.1) is 0 Å². The van der Waals surface area contributed by atoms with E-state index in [1.807, 2.05) is 59.5 Å². The summed E-state index contributed by atoms with van der Waals surface area (Å²) in [6, 6.07) is 17.9. The first kappa shape index (κ1) is 21.6. The van der Waals surface area contributed by atoms with Gasteiger partial charge in [-0.3, -0.25) is 14.3 Å². The summed E-state index contributed by atoms with van der Waals surface area (Å²) in [4.78, 5) is 22.4. The van der Waals surface area contributed by atoms with Crippen LogP contribution in [0.4, 0.5) is 0 Å². The molecule has 1 N–H and O–H groups in total. The standard InChI is InChI=1S/C24H29N5OS/c1-27-13-15-28(16-14-27)18-22(19-7-4-3-5-8-19)26-23(30)20-9-6-10-21(17-20)29-12-11-25-24(29)31-2/h3-12,17,22H,13-16,18H2,1-2H3,(H,26,30). The second-order valence-electron chi connectivity index (χ2n) is 7.87. The molecule has 7 heteroatoms. The van der Waals surface area contributed by atoms with Crippen LogP contribution in [0.1, 0.15) is 22.0 Å². The number of aromatic nitrogens is 2. The summed E-state index contributed by atoms with van der Waals surface area (Å²) in [5.41, 5.74) is 2.72. The molecule has 1 aromatic heterocycles. The van der Waals surface area contributed by atoms with Crippen LogP contribution in [0.3, 0.4) is 0 Å². The van der Waals surface area contributed by atoms with Crippen LogP contribution >= 0.6 is 11.8 Å². The monoisotopic (exact) mass is 435 g/mol. The van der Waals surface area contributed by atoms with Crippen LogP contribution in [-0.4, -0.2) is 71.3 Å². The van der Waals surface area contributed by atoms with Crippen molar-refractivity contribution < 1.29 is 4.79 Å². The molecule has 6 nitrogen and oxygen atoms in total. The predicted octanol–water partition coefficient (Wildman–Crippen LogP) is 3.31. The molecule has 1 aliphatic rings. The zero-order chi connectivity index (χ0) is 21.6. The molecule has 0 saturated carbocycles. The fourth-order valence-electron chi connectivity index (χ4n) is 3.88. The Morgan fingerprint density at radius 1 is 1.10 bits per heavy atom. The van der Waals surface area contributed by atoms with Crippen LogP contribution in [0, 0.1) is 0 Å². The van der Waals surface area contributed by atoms with Crippen LogP contribution in [0.25, 0.3) is 5.69 Å². The Labute approximate surface area is 188 Å². The number of thioether (sulfide) groups is 1. The number of hydrogen-bond donors (Lipinski definition) is 1. The number of rotatable bonds is 7. The molecule has 0 bridgehead atoms. The molecule has 1 aliphatic heterocycles. The summed E-state index contributed by atoms with van der Waals surface area (Å²) in [5, 5.41) is 4.18. The summed E-state index contributed by atoms with van der Waals surface area (Å²) in [5.74, 6) is -0.0596. The van der Waals surface area contributed by atoms with Gasteiger partial charge in [0.15, 0.2) is 5.16 Å². The van der Waals surface area contributed by atoms with Crippen LogP contribution in [0.15, 0.2) is 72.1 Å². The van der Waals surface area contributed by atoms with Gasteiger partial charge in [0.25, 0.3) is 5.91 Å². The maximum atomic E-state index is 13.2. The minimum absolute atomic E-state index is 0.0595. The molecule has 1 unspecified atom stereocenters. The Hall–Kier alpha value is -2.61. The Kier molecular flexibility index (Phi) is 7.06. The molecule has 2 aromatic carbocycles. The van der Waals surface area contributed by atoms with Crippen molar-refractivity contribution in [1.29, 1.82) is 0 Å². The molecule has 2 heterocycles. The lowest BCUT2D eigenvalue weighted by Gasteiger charge is -2.35. The highest BCUT2D eigenvalue weighted by Gasteiger charge is 2.22. The van der Waals surface area contributed by atoms with Crippen molar-refractivity contribution in [3.05, 3.63) is 78.1 Å². The minimum Gasteiger partial charge on any atom is -0.344 e. The number of benzene rings is 2. The molecular weight excluding hydrogens is 406 g/mol. The second kappa shape index (κ2) is 10.1. The van der Waals surface area contributed by atoms with Crippen LogP contribution < -0.4 is 5.32 Å². The van der Waals surface area contributed by atoms with E-state index >= 15 is 0 Å². The van der Waals surface area contributed by atoms with Crippen LogP contribution in [0.2, 0.25) is 0 Å². The Balaban J connectivity index is 1.53. The lowest BCUT2D eigenvalue weighted by molar-refractivity contribution is 0.0907. The van der Waals surface area contributed by atoms with Gasteiger partial charge in [-0.25, -0.2) is 4.98 Å². The van der Waals surface area contributed by atoms with E-state index in [1.54, 1.807) is 18.0 Å². The quantitative estimate of drug-likeness (QED) is 0.577. The molecule has 1 amide bonds. The van der Waals surface area contributed by atoms with Gasteiger partial charge in [-0.2, -0.15) is 0 Å². The van der Waals surface area contributed by atoms with Crippen molar-refractivity contribution in [3.8, 4) is 5.69 Å². The van der Waals surface area contributed by atoms with Crippen molar-refractivity contribution in [2.45, 2.75) is 11.2 Å². The number of hydrogen-bond acceptors (Lipinski definition) is 5. The number of carbonyl (C=O) groups is 1. The maximum Gasteiger partial charge on any atom is 0.251 e. The van der Waals surface area contributed by atoms with E-state index in [0.717, 1.165) is 49.1 Å². The van der Waals surface area contributed by atoms with Crippen LogP contribution in [0.5, 0.6) is 0 Å². The highest BCUT2D eigenvalue weighted by Crippen LogP contribution is 2.20. The van der Waals surface area contributed by atoms with Gasteiger partial charge >= 0.3 is 0 Å². The first-order chi connectivity index (χ1) is 15.1. The van der Waals surface area contributed by atoms with Gasteiger partial charge in [-0.05, 0) is 37.1 Å². The van der Waals surface area contributed by atoms with Crippen LogP contribution in [-0.2, 0) is 0 Å². The highest BCUT2D eigenvalue weighted by atomic mass is 32.2. The number of carbonyl (C=O) groups excluding carboxylic acids is 1. The minimum atomic E-state index is -0.0596. The van der Waals surface area contributed by atoms with Gasteiger partial charge in [0, 0.05) is 56.4 Å². The maximum absolute atomic E-state index is 13.2. The SMILES string of the molecule is CSc1nccn1-c1cccc(C(=O)NC(CN2CCN(C)CC2)c2ccccc2)c1. The molecule has 162 valence electrons. The number of nitrogens with one attached hydrogen (secondary N) is 1. The third kappa shape index (κ3) is 5.36. The average molecular weight is 436 g/mol. The number of imidazole rings is 1. The third-order valence-corrected chi connectivity index (χ3v) is 6.39. The smallest absolute Gasteiger partial charge is 0.251 e. The second-order valence-corrected chi connectivity index (χ2v) is 8.65. The summed E-state index contributed by atoms with van der Waals surface area (Å²) in [6.07, 6.45) is 5.70.